The molecular weight excluding hydrogens is 443 g/mol. The smallest absolute Gasteiger partial charge is 0.227 e. The van der Waals surface area contributed by atoms with E-state index in [4.69, 9.17) is 34.8 Å². The van der Waals surface area contributed by atoms with Crippen LogP contribution < -0.4 is 5.32 Å². The number of hydrogen-bond donors (Lipinski definition) is 1. The molecule has 0 bridgehead atoms. The predicted molar refractivity (Wildman–Crippen MR) is 113 cm³/mol. The zero-order valence-electron chi connectivity index (χ0n) is 14.9. The zero-order chi connectivity index (χ0) is 20.3. The third kappa shape index (κ3) is 5.39. The van der Waals surface area contributed by atoms with Crippen molar-refractivity contribution in [1.82, 2.24) is 4.31 Å². The summed E-state index contributed by atoms with van der Waals surface area (Å²) in [5.41, 5.74) is 1.25. The number of sulfonamides is 1. The summed E-state index contributed by atoms with van der Waals surface area (Å²) in [4.78, 5) is 12.4. The van der Waals surface area contributed by atoms with Crippen LogP contribution in [-0.4, -0.2) is 31.7 Å². The molecule has 0 atom stereocenters. The Morgan fingerprint density at radius 3 is 2.25 bits per heavy atom. The quantitative estimate of drug-likeness (QED) is 0.693. The lowest BCUT2D eigenvalue weighted by Crippen LogP contribution is -2.41. The average molecular weight is 462 g/mol. The van der Waals surface area contributed by atoms with E-state index in [1.54, 1.807) is 42.5 Å². The van der Waals surface area contributed by atoms with Gasteiger partial charge in [-0.3, -0.25) is 4.79 Å². The number of amides is 1. The molecule has 0 radical (unpaired) electrons. The molecule has 150 valence electrons. The van der Waals surface area contributed by atoms with Gasteiger partial charge in [0.1, 0.15) is 0 Å². The summed E-state index contributed by atoms with van der Waals surface area (Å²) in [6.07, 6.45) is 0.944. The van der Waals surface area contributed by atoms with Crippen molar-refractivity contribution in [1.29, 1.82) is 0 Å². The Morgan fingerprint density at radius 2 is 1.64 bits per heavy atom. The predicted octanol–water partition coefficient (Wildman–Crippen LogP) is 4.83. The topological polar surface area (TPSA) is 66.5 Å². The highest BCUT2D eigenvalue weighted by molar-refractivity contribution is 7.88. The first-order valence-electron chi connectivity index (χ1n) is 8.73. The first-order valence-corrected chi connectivity index (χ1v) is 11.5. The second kappa shape index (κ2) is 9.01. The molecule has 2 aromatic rings. The van der Waals surface area contributed by atoms with E-state index in [1.165, 1.54) is 4.31 Å². The molecule has 0 spiro atoms. The molecule has 0 unspecified atom stereocenters. The fourth-order valence-corrected chi connectivity index (χ4v) is 5.10. The monoisotopic (exact) mass is 460 g/mol. The number of carbonyl (C=O) groups is 1. The van der Waals surface area contributed by atoms with Crippen LogP contribution in [0.25, 0.3) is 0 Å². The molecule has 2 aromatic carbocycles. The van der Waals surface area contributed by atoms with Gasteiger partial charge >= 0.3 is 0 Å². The molecule has 3 rings (SSSR count). The molecule has 28 heavy (non-hydrogen) atoms. The van der Waals surface area contributed by atoms with Gasteiger partial charge < -0.3 is 5.32 Å². The lowest BCUT2D eigenvalue weighted by molar-refractivity contribution is -0.120. The van der Waals surface area contributed by atoms with Crippen LogP contribution in [0.15, 0.2) is 42.5 Å². The summed E-state index contributed by atoms with van der Waals surface area (Å²) in [5.74, 6) is -0.484. The van der Waals surface area contributed by atoms with Crippen molar-refractivity contribution >= 4 is 56.4 Å². The molecule has 9 heteroatoms. The normalized spacial score (nSPS) is 16.1. The molecule has 1 aliphatic heterocycles. The van der Waals surface area contributed by atoms with Gasteiger partial charge in [-0.2, -0.15) is 0 Å². The highest BCUT2D eigenvalue weighted by atomic mass is 35.5. The number of carbonyl (C=O) groups excluding carboxylic acids is 1. The van der Waals surface area contributed by atoms with Crippen LogP contribution in [-0.2, 0) is 20.6 Å². The van der Waals surface area contributed by atoms with E-state index in [-0.39, 0.29) is 17.6 Å². The molecule has 0 aromatic heterocycles. The number of rotatable bonds is 5. The van der Waals surface area contributed by atoms with Crippen molar-refractivity contribution in [3.05, 3.63) is 63.1 Å². The molecule has 1 aliphatic rings. The van der Waals surface area contributed by atoms with Crippen LogP contribution in [0.1, 0.15) is 18.4 Å². The van der Waals surface area contributed by atoms with Crippen LogP contribution in [0.5, 0.6) is 0 Å². The fourth-order valence-electron chi connectivity index (χ4n) is 3.11. The summed E-state index contributed by atoms with van der Waals surface area (Å²) in [6, 6.07) is 11.7. The second-order valence-electron chi connectivity index (χ2n) is 6.67. The van der Waals surface area contributed by atoms with Gasteiger partial charge in [-0.25, -0.2) is 12.7 Å². The Hall–Kier alpha value is -1.31. The van der Waals surface area contributed by atoms with Gasteiger partial charge in [0.15, 0.2) is 0 Å². The summed E-state index contributed by atoms with van der Waals surface area (Å²) >= 11 is 17.7. The molecule has 5 nitrogen and oxygen atoms in total. The standard InChI is InChI=1S/C19H19Cl3N2O3S/c20-15-2-4-16(5-3-15)23-19(25)14-7-9-24(10-8-14)28(26,27)12-13-1-6-17(21)18(22)11-13/h1-6,11,14H,7-10,12H2,(H,23,25). The Bertz CT molecular complexity index is 957. The minimum atomic E-state index is -3.49. The number of piperidine rings is 1. The van der Waals surface area contributed by atoms with E-state index in [0.717, 1.165) is 0 Å². The number of nitrogens with one attached hydrogen (secondary N) is 1. The lowest BCUT2D eigenvalue weighted by Gasteiger charge is -2.30. The summed E-state index contributed by atoms with van der Waals surface area (Å²) < 4.78 is 26.8. The molecule has 1 N–H and O–H groups in total. The van der Waals surface area contributed by atoms with Crippen LogP contribution in [0.4, 0.5) is 5.69 Å². The maximum absolute atomic E-state index is 12.7. The highest BCUT2D eigenvalue weighted by Crippen LogP contribution is 2.26. The molecule has 0 aliphatic carbocycles. The average Bonchev–Trinajstić information content (AvgIpc) is 2.66. The number of anilines is 1. The Kier molecular flexibility index (Phi) is 6.89. The molecule has 0 saturated carbocycles. The van der Waals surface area contributed by atoms with Crippen LogP contribution in [0, 0.1) is 5.92 Å². The van der Waals surface area contributed by atoms with E-state index in [2.05, 4.69) is 5.32 Å². The van der Waals surface area contributed by atoms with E-state index in [0.29, 0.717) is 52.2 Å². The van der Waals surface area contributed by atoms with E-state index < -0.39 is 10.0 Å². The molecule has 1 heterocycles. The van der Waals surface area contributed by atoms with Gasteiger partial charge in [-0.1, -0.05) is 40.9 Å². The largest absolute Gasteiger partial charge is 0.326 e. The number of hydrogen-bond acceptors (Lipinski definition) is 3. The summed E-state index contributed by atoms with van der Waals surface area (Å²) in [6.45, 7) is 0.616. The molecule has 1 amide bonds. The SMILES string of the molecule is O=C(Nc1ccc(Cl)cc1)C1CCN(S(=O)(=O)Cc2ccc(Cl)c(Cl)c2)CC1. The maximum Gasteiger partial charge on any atom is 0.227 e. The lowest BCUT2D eigenvalue weighted by atomic mass is 9.97. The number of benzene rings is 2. The maximum atomic E-state index is 12.7. The van der Waals surface area contributed by atoms with Crippen molar-refractivity contribution < 1.29 is 13.2 Å². The third-order valence-corrected chi connectivity index (χ3v) is 7.50. The van der Waals surface area contributed by atoms with Gasteiger partial charge in [0.25, 0.3) is 0 Å². The third-order valence-electron chi connectivity index (χ3n) is 4.66. The first-order chi connectivity index (χ1) is 13.2. The Morgan fingerprint density at radius 1 is 1.00 bits per heavy atom. The second-order valence-corrected chi connectivity index (χ2v) is 9.89. The van der Waals surface area contributed by atoms with Gasteiger partial charge in [-0.05, 0) is 54.8 Å². The van der Waals surface area contributed by atoms with Crippen molar-refractivity contribution in [2.45, 2.75) is 18.6 Å². The molecule has 1 fully saturated rings. The summed E-state index contributed by atoms with van der Waals surface area (Å²) in [5, 5.41) is 4.16. The Labute approximate surface area is 179 Å². The van der Waals surface area contributed by atoms with Crippen molar-refractivity contribution in [2.24, 2.45) is 5.92 Å². The summed E-state index contributed by atoms with van der Waals surface area (Å²) in [7, 11) is -3.49. The fraction of sp³-hybridized carbons (Fsp3) is 0.316. The van der Waals surface area contributed by atoms with Crippen molar-refractivity contribution in [3.8, 4) is 0 Å². The Balaban J connectivity index is 1.56. The minimum Gasteiger partial charge on any atom is -0.326 e. The van der Waals surface area contributed by atoms with Gasteiger partial charge in [-0.15, -0.1) is 0 Å². The first kappa shape index (κ1) is 21.4. The van der Waals surface area contributed by atoms with Gasteiger partial charge in [0, 0.05) is 29.7 Å². The van der Waals surface area contributed by atoms with Crippen molar-refractivity contribution in [2.75, 3.05) is 18.4 Å². The van der Waals surface area contributed by atoms with Gasteiger partial charge in [0.2, 0.25) is 15.9 Å². The van der Waals surface area contributed by atoms with Crippen molar-refractivity contribution in [3.63, 3.8) is 0 Å². The van der Waals surface area contributed by atoms with E-state index in [9.17, 15) is 13.2 Å². The minimum absolute atomic E-state index is 0.108. The molecule has 1 saturated heterocycles. The van der Waals surface area contributed by atoms with Crippen LogP contribution >= 0.6 is 34.8 Å². The molecular formula is C19H19Cl3N2O3S. The zero-order valence-corrected chi connectivity index (χ0v) is 18.0. The number of nitrogens with zero attached hydrogens (tertiary/aromatic N) is 1. The van der Waals surface area contributed by atoms with Crippen LogP contribution in [0.2, 0.25) is 15.1 Å². The van der Waals surface area contributed by atoms with E-state index in [1.807, 2.05) is 0 Å². The van der Waals surface area contributed by atoms with Gasteiger partial charge in [0.05, 0.1) is 15.8 Å². The highest BCUT2D eigenvalue weighted by Gasteiger charge is 2.31. The van der Waals surface area contributed by atoms with Crippen LogP contribution in [0.3, 0.4) is 0 Å². The number of halogens is 3. The van der Waals surface area contributed by atoms with E-state index >= 15 is 0 Å².